The summed E-state index contributed by atoms with van der Waals surface area (Å²) in [6.07, 6.45) is 0. The van der Waals surface area contributed by atoms with Crippen LogP contribution in [0.3, 0.4) is 0 Å². The van der Waals surface area contributed by atoms with Crippen molar-refractivity contribution in [3.8, 4) is 0 Å². The van der Waals surface area contributed by atoms with Crippen molar-refractivity contribution < 1.29 is 13.8 Å². The van der Waals surface area contributed by atoms with Gasteiger partial charge in [0, 0.05) is 0 Å². The normalized spacial score (nSPS) is 0. The van der Waals surface area contributed by atoms with E-state index in [0.29, 0.717) is 0 Å². The molecular weight excluding hydrogens is 112 g/mol. The van der Waals surface area contributed by atoms with E-state index in [1.165, 1.54) is 0 Å². The Bertz CT molecular complexity index is 9.51. The van der Waals surface area contributed by atoms with Crippen LogP contribution in [0.5, 0.6) is 0 Å². The summed E-state index contributed by atoms with van der Waals surface area (Å²) in [7, 11) is 0. The third kappa shape index (κ3) is 8.83. The Morgan fingerprint density at radius 1 is 0.750 bits per heavy atom. The van der Waals surface area contributed by atoms with Crippen LogP contribution in [-0.4, -0.2) is 86.4 Å². The van der Waals surface area contributed by atoms with Crippen LogP contribution in [-0.2, 0) is 0 Å². The van der Waals surface area contributed by atoms with E-state index in [4.69, 9.17) is 0 Å². The van der Waals surface area contributed by atoms with Gasteiger partial charge < -0.3 is 13.8 Å². The topological polar surface area (TPSA) is 60.0 Å². The van der Waals surface area contributed by atoms with Crippen molar-refractivity contribution in [3.63, 3.8) is 0 Å². The summed E-state index contributed by atoms with van der Waals surface area (Å²) < 4.78 is 0. The van der Waals surface area contributed by atoms with Crippen LogP contribution in [0.25, 0.3) is 0 Å². The van der Waals surface area contributed by atoms with Gasteiger partial charge in [-0.3, -0.25) is 0 Å². The van der Waals surface area contributed by atoms with Crippen LogP contribution in [0.2, 0.25) is 0 Å². The fourth-order valence-corrected chi connectivity index (χ4v) is 0. The molecule has 0 saturated heterocycles. The molecule has 0 aliphatic carbocycles. The van der Waals surface area contributed by atoms with E-state index in [1.807, 2.05) is 0 Å². The largest absolute Gasteiger partial charge is 2.00 e. The first-order chi connectivity index (χ1) is 0. The van der Waals surface area contributed by atoms with Gasteiger partial charge in [0.1, 0.15) is 0 Å². The van der Waals surface area contributed by atoms with Gasteiger partial charge in [-0.05, 0) is 0 Å². The molecule has 0 atom stereocenters. The van der Waals surface area contributed by atoms with Crippen molar-refractivity contribution in [3.05, 3.63) is 0 Å². The van der Waals surface area contributed by atoms with Crippen molar-refractivity contribution in [2.24, 2.45) is 0 Å². The molecule has 20 valence electrons. The molecule has 2 N–H and O–H groups in total. The zero-order chi connectivity index (χ0) is 0. The molecular formula is H4Ca2O2. The molecule has 0 spiro atoms. The molecule has 0 aliphatic rings. The summed E-state index contributed by atoms with van der Waals surface area (Å²) in [6, 6.07) is 0. The van der Waals surface area contributed by atoms with Crippen LogP contribution < -0.4 is 0 Å². The van der Waals surface area contributed by atoms with E-state index in [2.05, 4.69) is 0 Å². The van der Waals surface area contributed by atoms with E-state index in [9.17, 15) is 0 Å². The van der Waals surface area contributed by atoms with Gasteiger partial charge in [-0.2, -0.15) is 0 Å². The van der Waals surface area contributed by atoms with Gasteiger partial charge in [-0.15, -0.1) is 0 Å². The molecule has 0 bridgehead atoms. The Balaban J connectivity index is 0. The summed E-state index contributed by atoms with van der Waals surface area (Å²) in [6.45, 7) is 0. The average Bonchev–Trinajstić information content (AvgIpc) is 0. The van der Waals surface area contributed by atoms with Crippen molar-refractivity contribution >= 4 is 75.5 Å². The first kappa shape index (κ1) is 32.0. The smallest absolute Gasteiger partial charge is 1.00 e. The minimum Gasteiger partial charge on any atom is -1.00 e. The molecule has 4 heavy (non-hydrogen) atoms. The summed E-state index contributed by atoms with van der Waals surface area (Å²) in [5, 5.41) is 0. The minimum atomic E-state index is 0. The van der Waals surface area contributed by atoms with Crippen LogP contribution in [0.4, 0.5) is 0 Å². The maximum Gasteiger partial charge on any atom is 2.00 e. The van der Waals surface area contributed by atoms with E-state index in [1.54, 1.807) is 0 Å². The van der Waals surface area contributed by atoms with Crippen LogP contribution in [0.15, 0.2) is 0 Å². The number of hydrogen-bond donors (Lipinski definition) is 0. The molecule has 0 rings (SSSR count). The molecule has 0 radical (unpaired) electrons. The first-order valence-electron chi connectivity index (χ1n) is 0. The molecule has 0 amide bonds. The van der Waals surface area contributed by atoms with Gasteiger partial charge in [-0.25, -0.2) is 0 Å². The maximum atomic E-state index is 0. The van der Waals surface area contributed by atoms with Gasteiger partial charge >= 0.3 is 75.5 Å². The second-order valence-electron chi connectivity index (χ2n) is 0. The molecule has 0 heterocycles. The standard InChI is InChI=1S/2Ca.2H2O.2H/h;;2*1H2;;/q2*+2;;;2*-1/p-2. The Labute approximate surface area is 87.5 Å². The Morgan fingerprint density at radius 3 is 0.750 bits per heavy atom. The van der Waals surface area contributed by atoms with Crippen LogP contribution in [0.1, 0.15) is 2.85 Å². The summed E-state index contributed by atoms with van der Waals surface area (Å²) in [5.74, 6) is 0. The van der Waals surface area contributed by atoms with E-state index < -0.39 is 0 Å². The number of rotatable bonds is 0. The monoisotopic (exact) mass is 116 g/mol. The van der Waals surface area contributed by atoms with Crippen molar-refractivity contribution in [2.45, 2.75) is 0 Å². The van der Waals surface area contributed by atoms with Gasteiger partial charge in [-0.1, -0.05) is 0 Å². The Morgan fingerprint density at radius 2 is 0.750 bits per heavy atom. The van der Waals surface area contributed by atoms with Gasteiger partial charge in [0.2, 0.25) is 0 Å². The molecule has 0 aromatic heterocycles. The predicted molar refractivity (Wildman–Crippen MR) is 17.6 cm³/mol. The summed E-state index contributed by atoms with van der Waals surface area (Å²) in [4.78, 5) is 0. The quantitative estimate of drug-likeness (QED) is 0.385. The van der Waals surface area contributed by atoms with Crippen LogP contribution >= 0.6 is 0 Å². The summed E-state index contributed by atoms with van der Waals surface area (Å²) in [5.41, 5.74) is 0. The van der Waals surface area contributed by atoms with Gasteiger partial charge in [0.15, 0.2) is 0 Å². The second-order valence-corrected chi connectivity index (χ2v) is 0. The second kappa shape index (κ2) is 18.0. The van der Waals surface area contributed by atoms with Gasteiger partial charge in [0.25, 0.3) is 0 Å². The molecule has 0 unspecified atom stereocenters. The Kier molecular flexibility index (Phi) is 144. The van der Waals surface area contributed by atoms with E-state index in [-0.39, 0.29) is 89.3 Å². The van der Waals surface area contributed by atoms with E-state index >= 15 is 0 Å². The average molecular weight is 116 g/mol. The first-order valence-corrected chi connectivity index (χ1v) is 0. The SMILES string of the molecule is [Ca+2].[Ca+2].[H-].[H-].[OH-].[OH-]. The third-order valence-electron chi connectivity index (χ3n) is 0. The summed E-state index contributed by atoms with van der Waals surface area (Å²) >= 11 is 0. The molecule has 0 fully saturated rings. The van der Waals surface area contributed by atoms with Crippen LogP contribution in [0, 0.1) is 0 Å². The van der Waals surface area contributed by atoms with Crippen molar-refractivity contribution in [1.82, 2.24) is 0 Å². The fraction of sp³-hybridized carbons (Fsp3) is 0. The minimum absolute atomic E-state index is 0. The third-order valence-corrected chi connectivity index (χ3v) is 0. The molecule has 0 aromatic carbocycles. The van der Waals surface area contributed by atoms with Gasteiger partial charge in [0.05, 0.1) is 0 Å². The molecule has 4 heteroatoms. The zero-order valence-electron chi connectivity index (χ0n) is 4.31. The maximum absolute atomic E-state index is 0. The molecule has 0 aliphatic heterocycles. The molecule has 2 nitrogen and oxygen atoms in total. The predicted octanol–water partition coefficient (Wildman–Crippen LogP) is -0.890. The molecule has 0 aromatic rings. The fourth-order valence-electron chi connectivity index (χ4n) is 0. The van der Waals surface area contributed by atoms with E-state index in [0.717, 1.165) is 0 Å². The van der Waals surface area contributed by atoms with Crippen molar-refractivity contribution in [2.75, 3.05) is 0 Å². The molecule has 0 saturated carbocycles. The van der Waals surface area contributed by atoms with Crippen molar-refractivity contribution in [1.29, 1.82) is 0 Å². The zero-order valence-corrected chi connectivity index (χ0v) is 6.73. The Hall–Kier alpha value is 2.44. The number of hydrogen-bond acceptors (Lipinski definition) is 2.